The van der Waals surface area contributed by atoms with Crippen molar-refractivity contribution in [2.24, 2.45) is 0 Å². The Morgan fingerprint density at radius 1 is 0.889 bits per heavy atom. The van der Waals surface area contributed by atoms with Crippen LogP contribution in [0.1, 0.15) is 42.0 Å². The van der Waals surface area contributed by atoms with Crippen molar-refractivity contribution >= 4 is 28.8 Å². The normalized spacial score (nSPS) is 19.6. The number of benzene rings is 3. The molecular weight excluding hydrogens is 452 g/mol. The molecule has 0 aliphatic carbocycles. The summed E-state index contributed by atoms with van der Waals surface area (Å²) < 4.78 is 5.33. The van der Waals surface area contributed by atoms with Gasteiger partial charge in [0.15, 0.2) is 0 Å². The number of aliphatic hydroxyl groups is 1. The average molecular weight is 483 g/mol. The van der Waals surface area contributed by atoms with E-state index in [1.54, 1.807) is 25.3 Å². The maximum Gasteiger partial charge on any atom is 0.300 e. The highest BCUT2D eigenvalue weighted by Crippen LogP contribution is 2.42. The summed E-state index contributed by atoms with van der Waals surface area (Å²) in [5, 5.41) is 11.3. The molecule has 3 aromatic rings. The number of hydrogen-bond donors (Lipinski definition) is 1. The van der Waals surface area contributed by atoms with Crippen LogP contribution in [0.2, 0.25) is 0 Å². The van der Waals surface area contributed by atoms with E-state index >= 15 is 0 Å². The van der Waals surface area contributed by atoms with Crippen molar-refractivity contribution in [3.63, 3.8) is 0 Å². The van der Waals surface area contributed by atoms with Gasteiger partial charge in [-0.15, -0.1) is 0 Å². The minimum absolute atomic E-state index is 0.0795. The standard InChI is InChI=1S/C30H30N2O4/c1-20-19-22(11-16-25(20)36-2)28(33)26-27(21-9-5-3-6-10-21)32(30(35)29(26)34)24-14-12-23(13-15-24)31-17-7-4-8-18-31/h3,5-6,9-16,19,27,33H,4,7-8,17-18H2,1-2H3/b28-26-. The SMILES string of the molecule is COc1ccc(/C(O)=C2/C(=O)C(=O)N(c3ccc(N4CCCCC4)cc3)C2c2ccccc2)cc1C. The molecule has 2 fully saturated rings. The number of aryl methyl sites for hydroxylation is 1. The number of carbonyl (C=O) groups excluding carboxylic acids is 2. The van der Waals surface area contributed by atoms with Crippen molar-refractivity contribution in [1.82, 2.24) is 0 Å². The van der Waals surface area contributed by atoms with Crippen molar-refractivity contribution in [3.05, 3.63) is 95.1 Å². The summed E-state index contributed by atoms with van der Waals surface area (Å²) in [6.07, 6.45) is 3.61. The number of anilines is 2. The summed E-state index contributed by atoms with van der Waals surface area (Å²) >= 11 is 0. The van der Waals surface area contributed by atoms with Gasteiger partial charge in [0.1, 0.15) is 11.5 Å². The lowest BCUT2D eigenvalue weighted by molar-refractivity contribution is -0.132. The Balaban J connectivity index is 1.59. The summed E-state index contributed by atoms with van der Waals surface area (Å²) in [4.78, 5) is 30.6. The van der Waals surface area contributed by atoms with Gasteiger partial charge in [0.2, 0.25) is 0 Å². The molecule has 2 heterocycles. The number of nitrogens with zero attached hydrogens (tertiary/aromatic N) is 2. The molecule has 36 heavy (non-hydrogen) atoms. The van der Waals surface area contributed by atoms with Crippen molar-refractivity contribution in [3.8, 4) is 5.75 Å². The number of methoxy groups -OCH3 is 1. The molecule has 2 saturated heterocycles. The molecule has 2 aliphatic rings. The smallest absolute Gasteiger partial charge is 0.300 e. The molecule has 0 spiro atoms. The summed E-state index contributed by atoms with van der Waals surface area (Å²) in [5.74, 6) is -0.864. The van der Waals surface area contributed by atoms with Crippen LogP contribution in [0.3, 0.4) is 0 Å². The van der Waals surface area contributed by atoms with Gasteiger partial charge in [0, 0.05) is 30.0 Å². The molecule has 0 radical (unpaired) electrons. The zero-order valence-electron chi connectivity index (χ0n) is 20.6. The molecule has 1 unspecified atom stereocenters. The predicted octanol–water partition coefficient (Wildman–Crippen LogP) is 5.62. The molecule has 1 amide bonds. The Bertz CT molecular complexity index is 1310. The molecular formula is C30H30N2O4. The third-order valence-electron chi connectivity index (χ3n) is 7.08. The van der Waals surface area contributed by atoms with Crippen molar-refractivity contribution in [2.45, 2.75) is 32.2 Å². The van der Waals surface area contributed by atoms with Gasteiger partial charge in [0.05, 0.1) is 18.7 Å². The van der Waals surface area contributed by atoms with Crippen molar-refractivity contribution in [2.75, 3.05) is 30.0 Å². The maximum atomic E-state index is 13.4. The van der Waals surface area contributed by atoms with E-state index in [4.69, 9.17) is 4.74 Å². The van der Waals surface area contributed by atoms with Gasteiger partial charge >= 0.3 is 0 Å². The molecule has 1 atom stereocenters. The number of Topliss-reactive ketones (excluding diaryl/α,β-unsaturated/α-hetero) is 1. The monoisotopic (exact) mass is 482 g/mol. The number of ketones is 1. The van der Waals surface area contributed by atoms with Crippen molar-refractivity contribution in [1.29, 1.82) is 0 Å². The lowest BCUT2D eigenvalue weighted by Crippen LogP contribution is -2.30. The lowest BCUT2D eigenvalue weighted by Gasteiger charge is -2.30. The first-order valence-corrected chi connectivity index (χ1v) is 12.4. The van der Waals surface area contributed by atoms with E-state index in [1.165, 1.54) is 24.2 Å². The predicted molar refractivity (Wildman–Crippen MR) is 141 cm³/mol. The summed E-state index contributed by atoms with van der Waals surface area (Å²) in [6, 6.07) is 21.6. The van der Waals surface area contributed by atoms with Crippen LogP contribution in [0, 0.1) is 6.92 Å². The van der Waals surface area contributed by atoms with Crippen LogP contribution in [0.25, 0.3) is 5.76 Å². The number of carbonyl (C=O) groups is 2. The van der Waals surface area contributed by atoms with E-state index in [0.29, 0.717) is 17.0 Å². The van der Waals surface area contributed by atoms with E-state index in [9.17, 15) is 14.7 Å². The fraction of sp³-hybridized carbons (Fsp3) is 0.267. The largest absolute Gasteiger partial charge is 0.507 e. The molecule has 184 valence electrons. The summed E-state index contributed by atoms with van der Waals surface area (Å²) in [6.45, 7) is 3.91. The molecule has 1 N–H and O–H groups in total. The molecule has 0 aromatic heterocycles. The van der Waals surface area contributed by atoms with E-state index < -0.39 is 17.7 Å². The molecule has 5 rings (SSSR count). The number of ether oxygens (including phenoxy) is 1. The number of piperidine rings is 1. The Morgan fingerprint density at radius 3 is 2.19 bits per heavy atom. The van der Waals surface area contributed by atoms with Gasteiger partial charge in [-0.2, -0.15) is 0 Å². The average Bonchev–Trinajstić information content (AvgIpc) is 3.19. The molecule has 3 aromatic carbocycles. The Morgan fingerprint density at radius 2 is 1.56 bits per heavy atom. The third-order valence-corrected chi connectivity index (χ3v) is 7.08. The summed E-state index contributed by atoms with van der Waals surface area (Å²) in [7, 11) is 1.58. The highest BCUT2D eigenvalue weighted by atomic mass is 16.5. The molecule has 2 aliphatic heterocycles. The first-order chi connectivity index (χ1) is 17.5. The highest BCUT2D eigenvalue weighted by molar-refractivity contribution is 6.51. The quantitative estimate of drug-likeness (QED) is 0.290. The molecule has 0 saturated carbocycles. The minimum Gasteiger partial charge on any atom is -0.507 e. The van der Waals surface area contributed by atoms with E-state index in [1.807, 2.05) is 61.5 Å². The number of rotatable bonds is 5. The second-order valence-electron chi connectivity index (χ2n) is 9.33. The van der Waals surface area contributed by atoms with Crippen LogP contribution < -0.4 is 14.5 Å². The maximum absolute atomic E-state index is 13.4. The highest BCUT2D eigenvalue weighted by Gasteiger charge is 2.47. The van der Waals surface area contributed by atoms with Crippen LogP contribution in [-0.2, 0) is 9.59 Å². The summed E-state index contributed by atoms with van der Waals surface area (Å²) in [5.41, 5.74) is 3.85. The van der Waals surface area contributed by atoms with E-state index in [0.717, 1.165) is 29.9 Å². The lowest BCUT2D eigenvalue weighted by atomic mass is 9.94. The van der Waals surface area contributed by atoms with Crippen molar-refractivity contribution < 1.29 is 19.4 Å². The van der Waals surface area contributed by atoms with Gasteiger partial charge < -0.3 is 14.7 Å². The topological polar surface area (TPSA) is 70.1 Å². The van der Waals surface area contributed by atoms with E-state index in [2.05, 4.69) is 4.90 Å². The van der Waals surface area contributed by atoms with Crippen LogP contribution in [-0.4, -0.2) is 37.0 Å². The Hall–Kier alpha value is -4.06. The van der Waals surface area contributed by atoms with Gasteiger partial charge in [-0.1, -0.05) is 30.3 Å². The molecule has 0 bridgehead atoms. The van der Waals surface area contributed by atoms with Gasteiger partial charge in [0.25, 0.3) is 11.7 Å². The fourth-order valence-corrected chi connectivity index (χ4v) is 5.21. The Kier molecular flexibility index (Phi) is 6.51. The second kappa shape index (κ2) is 9.90. The molecule has 6 nitrogen and oxygen atoms in total. The number of hydrogen-bond acceptors (Lipinski definition) is 5. The minimum atomic E-state index is -0.741. The van der Waals surface area contributed by atoms with Crippen LogP contribution in [0.4, 0.5) is 11.4 Å². The van der Waals surface area contributed by atoms with Gasteiger partial charge in [-0.25, -0.2) is 0 Å². The number of amides is 1. The van der Waals surface area contributed by atoms with Gasteiger partial charge in [-0.05, 0) is 79.8 Å². The zero-order valence-corrected chi connectivity index (χ0v) is 20.6. The first-order valence-electron chi connectivity index (χ1n) is 12.4. The van der Waals surface area contributed by atoms with Gasteiger partial charge in [-0.3, -0.25) is 14.5 Å². The van der Waals surface area contributed by atoms with Crippen LogP contribution >= 0.6 is 0 Å². The third kappa shape index (κ3) is 4.24. The zero-order chi connectivity index (χ0) is 25.2. The van der Waals surface area contributed by atoms with Crippen LogP contribution in [0.5, 0.6) is 5.75 Å². The first kappa shape index (κ1) is 23.7. The second-order valence-corrected chi connectivity index (χ2v) is 9.33. The fourth-order valence-electron chi connectivity index (χ4n) is 5.21. The number of aliphatic hydroxyl groups excluding tert-OH is 1. The molecule has 6 heteroatoms. The van der Waals surface area contributed by atoms with Crippen LogP contribution in [0.15, 0.2) is 78.4 Å². The Labute approximate surface area is 211 Å². The van der Waals surface area contributed by atoms with E-state index in [-0.39, 0.29) is 11.3 Å².